The molecule has 1 saturated heterocycles. The Morgan fingerprint density at radius 2 is 2.11 bits per heavy atom. The number of rotatable bonds is 5. The van der Waals surface area contributed by atoms with Gasteiger partial charge in [0.05, 0.1) is 11.6 Å². The summed E-state index contributed by atoms with van der Waals surface area (Å²) in [6.45, 7) is 6.79. The van der Waals surface area contributed by atoms with E-state index in [0.717, 1.165) is 23.4 Å². The first-order valence-corrected chi connectivity index (χ1v) is 6.76. The van der Waals surface area contributed by atoms with Crippen LogP contribution in [0.2, 0.25) is 0 Å². The predicted molar refractivity (Wildman–Crippen MR) is 74.7 cm³/mol. The Bertz CT molecular complexity index is 428. The summed E-state index contributed by atoms with van der Waals surface area (Å²) in [6.07, 6.45) is 3.91. The maximum Gasteiger partial charge on any atom is 0.0991 e. The van der Waals surface area contributed by atoms with Gasteiger partial charge >= 0.3 is 0 Å². The minimum absolute atomic E-state index is 0.732. The van der Waals surface area contributed by atoms with Crippen molar-refractivity contribution in [3.05, 3.63) is 29.3 Å². The van der Waals surface area contributed by atoms with Crippen LogP contribution in [-0.4, -0.2) is 31.1 Å². The topological polar surface area (TPSA) is 39.1 Å². The van der Waals surface area contributed by atoms with Crippen LogP contribution in [0, 0.1) is 18.3 Å². The number of hydrogen-bond acceptors (Lipinski definition) is 3. The lowest BCUT2D eigenvalue weighted by Crippen LogP contribution is -2.22. The molecule has 0 atom stereocenters. The van der Waals surface area contributed by atoms with Crippen LogP contribution < -0.4 is 5.32 Å². The van der Waals surface area contributed by atoms with Gasteiger partial charge in [-0.15, -0.1) is 0 Å². The van der Waals surface area contributed by atoms with Crippen molar-refractivity contribution in [1.29, 1.82) is 5.26 Å². The van der Waals surface area contributed by atoms with Crippen molar-refractivity contribution in [3.63, 3.8) is 0 Å². The smallest absolute Gasteiger partial charge is 0.0991 e. The number of aryl methyl sites for hydroxylation is 1. The van der Waals surface area contributed by atoms with Gasteiger partial charge in [-0.25, -0.2) is 0 Å². The molecule has 1 aromatic carbocycles. The van der Waals surface area contributed by atoms with E-state index in [1.54, 1.807) is 0 Å². The van der Waals surface area contributed by atoms with Crippen LogP contribution in [0.5, 0.6) is 0 Å². The van der Waals surface area contributed by atoms with Gasteiger partial charge in [-0.1, -0.05) is 0 Å². The quantitative estimate of drug-likeness (QED) is 0.808. The fourth-order valence-corrected chi connectivity index (χ4v) is 2.46. The fourth-order valence-electron chi connectivity index (χ4n) is 2.46. The summed E-state index contributed by atoms with van der Waals surface area (Å²) in [5.41, 5.74) is 3.03. The third-order valence-electron chi connectivity index (χ3n) is 3.52. The molecule has 0 bridgehead atoms. The van der Waals surface area contributed by atoms with E-state index in [9.17, 15) is 0 Å². The maximum absolute atomic E-state index is 8.81. The van der Waals surface area contributed by atoms with Gasteiger partial charge in [0.15, 0.2) is 0 Å². The van der Waals surface area contributed by atoms with Gasteiger partial charge < -0.3 is 10.2 Å². The Kier molecular flexibility index (Phi) is 4.60. The molecule has 1 aliphatic rings. The summed E-state index contributed by atoms with van der Waals surface area (Å²) in [4.78, 5) is 2.54. The monoisotopic (exact) mass is 243 g/mol. The summed E-state index contributed by atoms with van der Waals surface area (Å²) < 4.78 is 0. The summed E-state index contributed by atoms with van der Waals surface area (Å²) >= 11 is 0. The average molecular weight is 243 g/mol. The van der Waals surface area contributed by atoms with Crippen molar-refractivity contribution in [2.45, 2.75) is 26.2 Å². The Morgan fingerprint density at radius 3 is 2.78 bits per heavy atom. The highest BCUT2D eigenvalue weighted by atomic mass is 15.1. The van der Waals surface area contributed by atoms with E-state index in [0.29, 0.717) is 0 Å². The molecular formula is C15H21N3. The lowest BCUT2D eigenvalue weighted by Gasteiger charge is -2.15. The molecule has 1 fully saturated rings. The highest BCUT2D eigenvalue weighted by Gasteiger charge is 2.10. The second-order valence-corrected chi connectivity index (χ2v) is 4.97. The number of hydrogen-bond donors (Lipinski definition) is 1. The molecule has 3 nitrogen and oxygen atoms in total. The first kappa shape index (κ1) is 12.9. The van der Waals surface area contributed by atoms with E-state index in [-0.39, 0.29) is 0 Å². The van der Waals surface area contributed by atoms with Crippen molar-refractivity contribution in [1.82, 2.24) is 4.90 Å². The zero-order chi connectivity index (χ0) is 12.8. The van der Waals surface area contributed by atoms with Crippen LogP contribution in [0.4, 0.5) is 5.69 Å². The summed E-state index contributed by atoms with van der Waals surface area (Å²) in [7, 11) is 0. The standard InChI is InChI=1S/C15H21N3/c1-13-11-14(12-16)5-6-15(13)17-7-4-10-18-8-2-3-9-18/h5-6,11,17H,2-4,7-10H2,1H3. The molecule has 1 heterocycles. The molecule has 2 rings (SSSR count). The molecule has 1 N–H and O–H groups in total. The second kappa shape index (κ2) is 6.42. The molecule has 0 aromatic heterocycles. The first-order chi connectivity index (χ1) is 8.79. The SMILES string of the molecule is Cc1cc(C#N)ccc1NCCCN1CCCC1. The summed E-state index contributed by atoms with van der Waals surface area (Å²) in [6, 6.07) is 7.97. The van der Waals surface area contributed by atoms with Crippen molar-refractivity contribution in [3.8, 4) is 6.07 Å². The van der Waals surface area contributed by atoms with Crippen LogP contribution in [0.3, 0.4) is 0 Å². The average Bonchev–Trinajstić information content (AvgIpc) is 2.89. The van der Waals surface area contributed by atoms with Gasteiger partial charge in [0.25, 0.3) is 0 Å². The number of nitrogens with one attached hydrogen (secondary N) is 1. The zero-order valence-electron chi connectivity index (χ0n) is 11.1. The highest BCUT2D eigenvalue weighted by molar-refractivity contribution is 5.53. The Morgan fingerprint density at radius 1 is 1.33 bits per heavy atom. The normalized spacial score (nSPS) is 15.6. The van der Waals surface area contributed by atoms with Crippen molar-refractivity contribution in [2.24, 2.45) is 0 Å². The molecule has 0 amide bonds. The minimum Gasteiger partial charge on any atom is -0.385 e. The van der Waals surface area contributed by atoms with Gasteiger partial charge in [0.2, 0.25) is 0 Å². The van der Waals surface area contributed by atoms with E-state index in [2.05, 4.69) is 16.3 Å². The van der Waals surface area contributed by atoms with Crippen molar-refractivity contribution >= 4 is 5.69 Å². The number of benzene rings is 1. The molecule has 0 spiro atoms. The molecule has 0 aliphatic carbocycles. The summed E-state index contributed by atoms with van der Waals surface area (Å²) in [5.74, 6) is 0. The zero-order valence-corrected chi connectivity index (χ0v) is 11.1. The largest absolute Gasteiger partial charge is 0.385 e. The Balaban J connectivity index is 1.74. The van der Waals surface area contributed by atoms with E-state index in [1.807, 2.05) is 25.1 Å². The Labute approximate surface area is 109 Å². The fraction of sp³-hybridized carbons (Fsp3) is 0.533. The van der Waals surface area contributed by atoms with Crippen LogP contribution >= 0.6 is 0 Å². The number of anilines is 1. The van der Waals surface area contributed by atoms with E-state index in [1.165, 1.54) is 38.9 Å². The second-order valence-electron chi connectivity index (χ2n) is 4.97. The van der Waals surface area contributed by atoms with E-state index in [4.69, 9.17) is 5.26 Å². The summed E-state index contributed by atoms with van der Waals surface area (Å²) in [5, 5.41) is 12.3. The van der Waals surface area contributed by atoms with Gasteiger partial charge in [-0.2, -0.15) is 5.26 Å². The third-order valence-corrected chi connectivity index (χ3v) is 3.52. The molecule has 3 heteroatoms. The maximum atomic E-state index is 8.81. The van der Waals surface area contributed by atoms with Gasteiger partial charge in [-0.05, 0) is 69.6 Å². The number of likely N-dealkylation sites (tertiary alicyclic amines) is 1. The molecule has 0 saturated carbocycles. The predicted octanol–water partition coefficient (Wildman–Crippen LogP) is 2.76. The van der Waals surface area contributed by atoms with Gasteiger partial charge in [0, 0.05) is 12.2 Å². The lowest BCUT2D eigenvalue weighted by molar-refractivity contribution is 0.337. The third kappa shape index (κ3) is 3.48. The van der Waals surface area contributed by atoms with Gasteiger partial charge in [0.1, 0.15) is 0 Å². The molecule has 18 heavy (non-hydrogen) atoms. The van der Waals surface area contributed by atoms with Crippen molar-refractivity contribution in [2.75, 3.05) is 31.5 Å². The molecule has 96 valence electrons. The van der Waals surface area contributed by atoms with Gasteiger partial charge in [-0.3, -0.25) is 0 Å². The van der Waals surface area contributed by atoms with Crippen LogP contribution in [0.25, 0.3) is 0 Å². The molecule has 0 unspecified atom stereocenters. The Hall–Kier alpha value is -1.53. The minimum atomic E-state index is 0.732. The van der Waals surface area contributed by atoms with Crippen LogP contribution in [0.15, 0.2) is 18.2 Å². The molecule has 1 aliphatic heterocycles. The van der Waals surface area contributed by atoms with Crippen LogP contribution in [0.1, 0.15) is 30.4 Å². The lowest BCUT2D eigenvalue weighted by atomic mass is 10.1. The molecule has 1 aromatic rings. The molecule has 0 radical (unpaired) electrons. The molecular weight excluding hydrogens is 222 g/mol. The van der Waals surface area contributed by atoms with Crippen LogP contribution in [-0.2, 0) is 0 Å². The highest BCUT2D eigenvalue weighted by Crippen LogP contribution is 2.16. The number of nitrogens with zero attached hydrogens (tertiary/aromatic N) is 2. The van der Waals surface area contributed by atoms with Crippen molar-refractivity contribution < 1.29 is 0 Å². The van der Waals surface area contributed by atoms with E-state index < -0.39 is 0 Å². The van der Waals surface area contributed by atoms with E-state index >= 15 is 0 Å². The first-order valence-electron chi connectivity index (χ1n) is 6.76. The number of nitriles is 1.